The van der Waals surface area contributed by atoms with E-state index in [9.17, 15) is 8.78 Å². The average molecular weight is 272 g/mol. The van der Waals surface area contributed by atoms with Gasteiger partial charge in [0.2, 0.25) is 5.82 Å². The number of halogens is 2. The van der Waals surface area contributed by atoms with Gasteiger partial charge in [-0.3, -0.25) is 0 Å². The van der Waals surface area contributed by atoms with Crippen LogP contribution in [0.2, 0.25) is 0 Å². The van der Waals surface area contributed by atoms with Gasteiger partial charge in [-0.2, -0.15) is 4.39 Å². The number of benzene rings is 1. The molecule has 1 fully saturated rings. The van der Waals surface area contributed by atoms with Crippen molar-refractivity contribution in [1.82, 2.24) is 0 Å². The Labute approximate surface area is 116 Å². The summed E-state index contributed by atoms with van der Waals surface area (Å²) in [6, 6.07) is 2.81. The molecule has 0 saturated heterocycles. The maximum absolute atomic E-state index is 13.3. The number of hydrogen-bond acceptors (Lipinski definition) is 1. The van der Waals surface area contributed by atoms with Gasteiger partial charge in [-0.25, -0.2) is 4.39 Å². The lowest BCUT2D eigenvalue weighted by atomic mass is 10.1. The Kier molecular flexibility index (Phi) is 9.19. The minimum atomic E-state index is -0.868. The SMILES string of the molecule is CC.CC.CCc1cc(F)c(F)c(OCC2CC2)c1. The number of ether oxygens (including phenoxy) is 1. The Hall–Kier alpha value is -1.12. The van der Waals surface area contributed by atoms with Gasteiger partial charge in [0.1, 0.15) is 0 Å². The molecule has 0 aliphatic heterocycles. The van der Waals surface area contributed by atoms with Crippen molar-refractivity contribution < 1.29 is 13.5 Å². The lowest BCUT2D eigenvalue weighted by molar-refractivity contribution is 0.280. The molecule has 110 valence electrons. The van der Waals surface area contributed by atoms with Gasteiger partial charge in [-0.1, -0.05) is 34.6 Å². The molecule has 0 aromatic heterocycles. The fourth-order valence-electron chi connectivity index (χ4n) is 1.42. The van der Waals surface area contributed by atoms with E-state index in [4.69, 9.17) is 4.74 Å². The summed E-state index contributed by atoms with van der Waals surface area (Å²) in [5.74, 6) is -1.09. The van der Waals surface area contributed by atoms with Crippen molar-refractivity contribution in [3.8, 4) is 5.75 Å². The Morgan fingerprint density at radius 2 is 1.68 bits per heavy atom. The first kappa shape index (κ1) is 17.9. The van der Waals surface area contributed by atoms with E-state index in [1.165, 1.54) is 6.07 Å². The lowest BCUT2D eigenvalue weighted by Crippen LogP contribution is -2.03. The molecule has 0 unspecified atom stereocenters. The molecule has 0 radical (unpaired) electrons. The summed E-state index contributed by atoms with van der Waals surface area (Å²) in [6.07, 6.45) is 2.95. The molecule has 3 heteroatoms. The van der Waals surface area contributed by atoms with Gasteiger partial charge in [0.25, 0.3) is 0 Å². The van der Waals surface area contributed by atoms with Crippen LogP contribution in [0.5, 0.6) is 5.75 Å². The third-order valence-electron chi connectivity index (χ3n) is 2.63. The van der Waals surface area contributed by atoms with Gasteiger partial charge >= 0.3 is 0 Å². The average Bonchev–Trinajstić information content (AvgIpc) is 3.29. The number of rotatable bonds is 4. The van der Waals surface area contributed by atoms with E-state index in [0.29, 0.717) is 18.9 Å². The highest BCUT2D eigenvalue weighted by Gasteiger charge is 2.23. The quantitative estimate of drug-likeness (QED) is 0.716. The summed E-state index contributed by atoms with van der Waals surface area (Å²) >= 11 is 0. The van der Waals surface area contributed by atoms with Crippen molar-refractivity contribution in [3.63, 3.8) is 0 Å². The maximum Gasteiger partial charge on any atom is 0.200 e. The zero-order valence-electron chi connectivity index (χ0n) is 12.7. The summed E-state index contributed by atoms with van der Waals surface area (Å²) in [7, 11) is 0. The van der Waals surface area contributed by atoms with Crippen molar-refractivity contribution in [2.45, 2.75) is 53.9 Å². The van der Waals surface area contributed by atoms with E-state index in [2.05, 4.69) is 0 Å². The zero-order chi connectivity index (χ0) is 14.8. The van der Waals surface area contributed by atoms with Crippen LogP contribution in [-0.4, -0.2) is 6.61 Å². The van der Waals surface area contributed by atoms with Crippen LogP contribution in [0.15, 0.2) is 12.1 Å². The standard InChI is InChI=1S/C12H14F2O.2C2H6/c1-2-8-5-10(13)12(14)11(6-8)15-7-9-3-4-9;2*1-2/h5-6,9H,2-4,7H2,1H3;2*1-2H3. The maximum atomic E-state index is 13.3. The Balaban J connectivity index is 0.000000741. The molecular weight excluding hydrogens is 246 g/mol. The van der Waals surface area contributed by atoms with Crippen LogP contribution in [0.25, 0.3) is 0 Å². The molecule has 19 heavy (non-hydrogen) atoms. The van der Waals surface area contributed by atoms with Gasteiger partial charge in [0, 0.05) is 0 Å². The van der Waals surface area contributed by atoms with E-state index in [-0.39, 0.29) is 5.75 Å². The van der Waals surface area contributed by atoms with Crippen LogP contribution in [0.4, 0.5) is 8.78 Å². The predicted octanol–water partition coefficient (Wildman–Crippen LogP) is 5.37. The predicted molar refractivity (Wildman–Crippen MR) is 76.7 cm³/mol. The van der Waals surface area contributed by atoms with Gasteiger partial charge in [-0.05, 0) is 42.9 Å². The Morgan fingerprint density at radius 1 is 1.11 bits per heavy atom. The molecule has 0 amide bonds. The van der Waals surface area contributed by atoms with Gasteiger partial charge in [0.05, 0.1) is 6.61 Å². The van der Waals surface area contributed by atoms with Gasteiger partial charge < -0.3 is 4.74 Å². The van der Waals surface area contributed by atoms with E-state index in [1.54, 1.807) is 6.07 Å². The summed E-state index contributed by atoms with van der Waals surface area (Å²) < 4.78 is 31.7. The molecule has 0 heterocycles. The van der Waals surface area contributed by atoms with E-state index in [0.717, 1.165) is 18.4 Å². The molecule has 1 aromatic carbocycles. The topological polar surface area (TPSA) is 9.23 Å². The molecule has 1 saturated carbocycles. The largest absolute Gasteiger partial charge is 0.490 e. The van der Waals surface area contributed by atoms with E-state index >= 15 is 0 Å². The molecule has 1 aliphatic rings. The molecular formula is C16H26F2O. The third kappa shape index (κ3) is 6.04. The second-order valence-corrected chi connectivity index (χ2v) is 4.00. The molecule has 1 nitrogen and oxygen atoms in total. The monoisotopic (exact) mass is 272 g/mol. The second kappa shape index (κ2) is 9.76. The van der Waals surface area contributed by atoms with Crippen molar-refractivity contribution in [2.75, 3.05) is 6.61 Å². The summed E-state index contributed by atoms with van der Waals surface area (Å²) in [4.78, 5) is 0. The Morgan fingerprint density at radius 3 is 2.16 bits per heavy atom. The number of hydrogen-bond donors (Lipinski definition) is 0. The summed E-state index contributed by atoms with van der Waals surface area (Å²) in [6.45, 7) is 10.4. The molecule has 1 aromatic rings. The van der Waals surface area contributed by atoms with Crippen LogP contribution in [0.1, 0.15) is 53.0 Å². The minimum Gasteiger partial charge on any atom is -0.490 e. The molecule has 2 rings (SSSR count). The summed E-state index contributed by atoms with van der Waals surface area (Å²) in [5.41, 5.74) is 0.764. The van der Waals surface area contributed by atoms with Crippen LogP contribution < -0.4 is 4.74 Å². The molecule has 0 N–H and O–H groups in total. The number of aryl methyl sites for hydroxylation is 1. The highest BCUT2D eigenvalue weighted by atomic mass is 19.2. The molecule has 1 aliphatic carbocycles. The molecule has 0 atom stereocenters. The van der Waals surface area contributed by atoms with Crippen LogP contribution in [0, 0.1) is 17.6 Å². The first-order chi connectivity index (χ1) is 9.20. The highest BCUT2D eigenvalue weighted by Crippen LogP contribution is 2.31. The van der Waals surface area contributed by atoms with E-state index in [1.807, 2.05) is 34.6 Å². The van der Waals surface area contributed by atoms with E-state index < -0.39 is 11.6 Å². The minimum absolute atomic E-state index is 0.0544. The van der Waals surface area contributed by atoms with Crippen molar-refractivity contribution in [2.24, 2.45) is 5.92 Å². The smallest absolute Gasteiger partial charge is 0.200 e. The van der Waals surface area contributed by atoms with Crippen molar-refractivity contribution >= 4 is 0 Å². The first-order valence-electron chi connectivity index (χ1n) is 7.31. The Bertz CT molecular complexity index is 360. The fraction of sp³-hybridized carbons (Fsp3) is 0.625. The van der Waals surface area contributed by atoms with Gasteiger partial charge in [0.15, 0.2) is 11.6 Å². The van der Waals surface area contributed by atoms with Crippen molar-refractivity contribution in [1.29, 1.82) is 0 Å². The fourth-order valence-corrected chi connectivity index (χ4v) is 1.42. The molecule has 0 spiro atoms. The van der Waals surface area contributed by atoms with Crippen LogP contribution in [-0.2, 0) is 6.42 Å². The van der Waals surface area contributed by atoms with Crippen LogP contribution >= 0.6 is 0 Å². The van der Waals surface area contributed by atoms with Gasteiger partial charge in [-0.15, -0.1) is 0 Å². The summed E-state index contributed by atoms with van der Waals surface area (Å²) in [5, 5.41) is 0. The molecule has 0 bridgehead atoms. The lowest BCUT2D eigenvalue weighted by Gasteiger charge is -2.08. The third-order valence-corrected chi connectivity index (χ3v) is 2.63. The highest BCUT2D eigenvalue weighted by molar-refractivity contribution is 5.31. The second-order valence-electron chi connectivity index (χ2n) is 4.00. The zero-order valence-corrected chi connectivity index (χ0v) is 12.7. The van der Waals surface area contributed by atoms with Crippen LogP contribution in [0.3, 0.4) is 0 Å². The normalized spacial score (nSPS) is 12.8. The van der Waals surface area contributed by atoms with Crippen molar-refractivity contribution in [3.05, 3.63) is 29.3 Å². The first-order valence-corrected chi connectivity index (χ1v) is 7.31.